The summed E-state index contributed by atoms with van der Waals surface area (Å²) < 4.78 is 11.2. The molecule has 0 amide bonds. The molecule has 5 heteroatoms. The predicted molar refractivity (Wildman–Crippen MR) is 82.5 cm³/mol. The first-order chi connectivity index (χ1) is 9.65. The molecule has 0 bridgehead atoms. The summed E-state index contributed by atoms with van der Waals surface area (Å²) in [6.45, 7) is 0. The highest BCUT2D eigenvalue weighted by Gasteiger charge is 2.16. The lowest BCUT2D eigenvalue weighted by molar-refractivity contribution is 0.0728. The van der Waals surface area contributed by atoms with Gasteiger partial charge in [-0.25, -0.2) is 4.79 Å². The summed E-state index contributed by atoms with van der Waals surface area (Å²) >= 11 is 1.99. The number of halogens is 1. The average molecular weight is 382 g/mol. The lowest BCUT2D eigenvalue weighted by Gasteiger charge is -2.11. The molecule has 2 aromatic rings. The second kappa shape index (κ2) is 6.51. The molecule has 0 N–H and O–H groups in total. The maximum absolute atomic E-state index is 12.0. The van der Waals surface area contributed by atoms with Crippen LogP contribution >= 0.6 is 22.6 Å². The van der Waals surface area contributed by atoms with Crippen LogP contribution in [0.25, 0.3) is 0 Å². The molecule has 102 valence electrons. The first-order valence-electron chi connectivity index (χ1n) is 5.75. The molecule has 0 fully saturated rings. The van der Waals surface area contributed by atoms with Gasteiger partial charge in [0.2, 0.25) is 0 Å². The Balaban J connectivity index is 2.34. The Morgan fingerprint density at radius 1 is 1.20 bits per heavy atom. The van der Waals surface area contributed by atoms with Crippen molar-refractivity contribution in [1.29, 1.82) is 0 Å². The van der Waals surface area contributed by atoms with E-state index in [0.717, 1.165) is 0 Å². The minimum absolute atomic E-state index is 0.313. The first-order valence-corrected chi connectivity index (χ1v) is 6.83. The van der Waals surface area contributed by atoms with Crippen LogP contribution in [-0.4, -0.2) is 19.4 Å². The third-order valence-corrected chi connectivity index (χ3v) is 3.39. The monoisotopic (exact) mass is 382 g/mol. The van der Waals surface area contributed by atoms with Crippen LogP contribution in [0.15, 0.2) is 42.5 Å². The normalized spacial score (nSPS) is 9.90. The number of ether oxygens (including phenoxy) is 2. The third kappa shape index (κ3) is 3.16. The molecule has 2 aromatic carbocycles. The van der Waals surface area contributed by atoms with Gasteiger partial charge >= 0.3 is 5.97 Å². The van der Waals surface area contributed by atoms with Crippen molar-refractivity contribution in [1.82, 2.24) is 0 Å². The van der Waals surface area contributed by atoms with E-state index in [1.54, 1.807) is 30.3 Å². The van der Waals surface area contributed by atoms with E-state index < -0.39 is 5.97 Å². The fraction of sp³-hybridized carbons (Fsp3) is 0.0667. The Labute approximate surface area is 129 Å². The number of esters is 1. The summed E-state index contributed by atoms with van der Waals surface area (Å²) in [5.41, 5.74) is 0.913. The van der Waals surface area contributed by atoms with Crippen molar-refractivity contribution in [3.05, 3.63) is 57.2 Å². The van der Waals surface area contributed by atoms with Crippen LogP contribution in [0.2, 0.25) is 0 Å². The molecule has 20 heavy (non-hydrogen) atoms. The molecule has 0 aromatic heterocycles. The van der Waals surface area contributed by atoms with Gasteiger partial charge in [0.25, 0.3) is 0 Å². The smallest absolute Gasteiger partial charge is 0.343 e. The van der Waals surface area contributed by atoms with E-state index in [9.17, 15) is 9.59 Å². The number of benzene rings is 2. The fourth-order valence-electron chi connectivity index (χ4n) is 1.63. The summed E-state index contributed by atoms with van der Waals surface area (Å²) in [4.78, 5) is 22.9. The molecular formula is C15H11IO4. The Morgan fingerprint density at radius 2 is 1.90 bits per heavy atom. The maximum atomic E-state index is 12.0. The Kier molecular flexibility index (Phi) is 4.73. The van der Waals surface area contributed by atoms with E-state index >= 15 is 0 Å². The number of rotatable bonds is 4. The maximum Gasteiger partial charge on any atom is 0.343 e. The standard InChI is InChI=1S/C15H11IO4/c1-19-13-8-10(9-17)7-12(16)14(13)20-15(18)11-5-3-2-4-6-11/h2-9H,1H3. The van der Waals surface area contributed by atoms with Gasteiger partial charge in [-0.3, -0.25) is 4.79 Å². The van der Waals surface area contributed by atoms with Gasteiger partial charge < -0.3 is 9.47 Å². The lowest BCUT2D eigenvalue weighted by Crippen LogP contribution is -2.10. The second-order valence-electron chi connectivity index (χ2n) is 3.91. The largest absolute Gasteiger partial charge is 0.493 e. The van der Waals surface area contributed by atoms with Crippen LogP contribution in [0.5, 0.6) is 11.5 Å². The lowest BCUT2D eigenvalue weighted by atomic mass is 10.2. The second-order valence-corrected chi connectivity index (χ2v) is 5.07. The molecule has 0 saturated carbocycles. The minimum Gasteiger partial charge on any atom is -0.493 e. The predicted octanol–water partition coefficient (Wildman–Crippen LogP) is 3.33. The molecular weight excluding hydrogens is 371 g/mol. The SMILES string of the molecule is COc1cc(C=O)cc(I)c1OC(=O)c1ccccc1. The van der Waals surface area contributed by atoms with Gasteiger partial charge in [-0.05, 0) is 46.9 Å². The molecule has 0 spiro atoms. The first kappa shape index (κ1) is 14.5. The molecule has 0 heterocycles. The van der Waals surface area contributed by atoms with E-state index in [4.69, 9.17) is 9.47 Å². The van der Waals surface area contributed by atoms with Crippen molar-refractivity contribution in [2.75, 3.05) is 7.11 Å². The average Bonchev–Trinajstić information content (AvgIpc) is 2.49. The van der Waals surface area contributed by atoms with Crippen LogP contribution in [0.1, 0.15) is 20.7 Å². The topological polar surface area (TPSA) is 52.6 Å². The van der Waals surface area contributed by atoms with Crippen molar-refractivity contribution in [3.8, 4) is 11.5 Å². The number of carbonyl (C=O) groups is 2. The Bertz CT molecular complexity index is 638. The molecule has 0 aliphatic carbocycles. The number of carbonyl (C=O) groups excluding carboxylic acids is 2. The molecule has 0 unspecified atom stereocenters. The molecule has 0 aliphatic heterocycles. The highest BCUT2D eigenvalue weighted by atomic mass is 127. The summed E-state index contributed by atoms with van der Waals surface area (Å²) in [7, 11) is 1.46. The van der Waals surface area contributed by atoms with Gasteiger partial charge in [0.05, 0.1) is 16.2 Å². The molecule has 4 nitrogen and oxygen atoms in total. The van der Waals surface area contributed by atoms with Gasteiger partial charge in [-0.15, -0.1) is 0 Å². The van der Waals surface area contributed by atoms with E-state index in [-0.39, 0.29) is 0 Å². The Hall–Kier alpha value is -1.89. The van der Waals surface area contributed by atoms with E-state index in [2.05, 4.69) is 0 Å². The fourth-order valence-corrected chi connectivity index (χ4v) is 2.37. The zero-order valence-electron chi connectivity index (χ0n) is 10.6. The molecule has 0 atom stereocenters. The molecule has 2 rings (SSSR count). The summed E-state index contributed by atoms with van der Waals surface area (Å²) in [6.07, 6.45) is 0.716. The van der Waals surface area contributed by atoms with E-state index in [1.807, 2.05) is 28.7 Å². The third-order valence-electron chi connectivity index (χ3n) is 2.59. The zero-order chi connectivity index (χ0) is 14.5. The van der Waals surface area contributed by atoms with Crippen LogP contribution in [0.3, 0.4) is 0 Å². The van der Waals surface area contributed by atoms with Crippen molar-refractivity contribution in [2.24, 2.45) is 0 Å². The summed E-state index contributed by atoms with van der Waals surface area (Å²) in [5, 5.41) is 0. The Morgan fingerprint density at radius 3 is 2.50 bits per heavy atom. The van der Waals surface area contributed by atoms with Gasteiger partial charge in [0.1, 0.15) is 6.29 Å². The van der Waals surface area contributed by atoms with Crippen LogP contribution in [0.4, 0.5) is 0 Å². The number of hydrogen-bond acceptors (Lipinski definition) is 4. The highest BCUT2D eigenvalue weighted by molar-refractivity contribution is 14.1. The van der Waals surface area contributed by atoms with Crippen LogP contribution in [-0.2, 0) is 0 Å². The van der Waals surface area contributed by atoms with Crippen molar-refractivity contribution in [2.45, 2.75) is 0 Å². The number of aldehydes is 1. The van der Waals surface area contributed by atoms with E-state index in [0.29, 0.717) is 32.5 Å². The summed E-state index contributed by atoms with van der Waals surface area (Å²) in [6, 6.07) is 11.8. The van der Waals surface area contributed by atoms with E-state index in [1.165, 1.54) is 13.2 Å². The summed E-state index contributed by atoms with van der Waals surface area (Å²) in [5.74, 6) is 0.191. The van der Waals surface area contributed by atoms with Crippen LogP contribution < -0.4 is 9.47 Å². The molecule has 0 radical (unpaired) electrons. The number of methoxy groups -OCH3 is 1. The highest BCUT2D eigenvalue weighted by Crippen LogP contribution is 2.34. The molecule has 0 saturated heterocycles. The minimum atomic E-state index is -0.472. The molecule has 0 aliphatic rings. The van der Waals surface area contributed by atoms with Crippen LogP contribution in [0, 0.1) is 3.57 Å². The van der Waals surface area contributed by atoms with Crippen molar-refractivity contribution >= 4 is 34.8 Å². The van der Waals surface area contributed by atoms with Gasteiger partial charge in [0.15, 0.2) is 11.5 Å². The van der Waals surface area contributed by atoms with Gasteiger partial charge in [0, 0.05) is 5.56 Å². The van der Waals surface area contributed by atoms with Gasteiger partial charge in [-0.2, -0.15) is 0 Å². The zero-order valence-corrected chi connectivity index (χ0v) is 12.8. The number of hydrogen-bond donors (Lipinski definition) is 0. The van der Waals surface area contributed by atoms with Gasteiger partial charge in [-0.1, -0.05) is 18.2 Å². The van der Waals surface area contributed by atoms with Crippen molar-refractivity contribution < 1.29 is 19.1 Å². The quantitative estimate of drug-likeness (QED) is 0.352. The van der Waals surface area contributed by atoms with Crippen molar-refractivity contribution in [3.63, 3.8) is 0 Å².